The summed E-state index contributed by atoms with van der Waals surface area (Å²) >= 11 is 0. The lowest BCUT2D eigenvalue weighted by Crippen LogP contribution is -2.61. The summed E-state index contributed by atoms with van der Waals surface area (Å²) in [7, 11) is 1.67. The van der Waals surface area contributed by atoms with E-state index in [4.69, 9.17) is 14.6 Å². The van der Waals surface area contributed by atoms with Crippen LogP contribution in [-0.4, -0.2) is 43.7 Å². The highest BCUT2D eigenvalue weighted by atomic mass is 16.6. The number of carbonyl (C=O) groups excluding carboxylic acids is 1. The van der Waals surface area contributed by atoms with Gasteiger partial charge in [-0.15, -0.1) is 0 Å². The quantitative estimate of drug-likeness (QED) is 0.720. The van der Waals surface area contributed by atoms with Crippen LogP contribution in [0.15, 0.2) is 0 Å². The molecule has 1 saturated carbocycles. The van der Waals surface area contributed by atoms with Gasteiger partial charge in [-0.3, -0.25) is 0 Å². The lowest BCUT2D eigenvalue weighted by atomic mass is 9.64. The van der Waals surface area contributed by atoms with Crippen molar-refractivity contribution in [2.24, 2.45) is 5.41 Å². The predicted molar refractivity (Wildman–Crippen MR) is 54.6 cm³/mol. The number of amides is 1. The Morgan fingerprint density at radius 1 is 1.60 bits per heavy atom. The third kappa shape index (κ3) is 2.60. The van der Waals surface area contributed by atoms with Crippen molar-refractivity contribution in [1.82, 2.24) is 5.32 Å². The summed E-state index contributed by atoms with van der Waals surface area (Å²) in [5.41, 5.74) is -0.0625. The average Bonchev–Trinajstić information content (AvgIpc) is 2.20. The standard InChI is InChI=1S/C10H19NO4/c1-10(2)7(6-8(10)14-3)11-9(13)15-5-4-12/h7-8,12H,4-6H2,1-3H3,(H,11,13). The molecule has 88 valence electrons. The van der Waals surface area contributed by atoms with Crippen molar-refractivity contribution in [3.8, 4) is 0 Å². The van der Waals surface area contributed by atoms with E-state index in [2.05, 4.69) is 5.32 Å². The molecule has 15 heavy (non-hydrogen) atoms. The first-order valence-corrected chi connectivity index (χ1v) is 5.09. The molecule has 5 nitrogen and oxygen atoms in total. The maximum atomic E-state index is 11.2. The number of nitrogens with one attached hydrogen (secondary N) is 1. The van der Waals surface area contributed by atoms with Gasteiger partial charge in [0.2, 0.25) is 0 Å². The minimum absolute atomic E-state index is 0.0344. The van der Waals surface area contributed by atoms with Crippen LogP contribution in [0.2, 0.25) is 0 Å². The van der Waals surface area contributed by atoms with E-state index in [1.54, 1.807) is 7.11 Å². The fourth-order valence-corrected chi connectivity index (χ4v) is 1.85. The number of aliphatic hydroxyl groups excluding tert-OH is 1. The third-order valence-electron chi connectivity index (χ3n) is 3.08. The van der Waals surface area contributed by atoms with Crippen molar-refractivity contribution < 1.29 is 19.4 Å². The Kier molecular flexibility index (Phi) is 3.93. The van der Waals surface area contributed by atoms with Gasteiger partial charge in [-0.05, 0) is 6.42 Å². The molecule has 0 saturated heterocycles. The summed E-state index contributed by atoms with van der Waals surface area (Å²) < 4.78 is 9.98. The Morgan fingerprint density at radius 3 is 2.73 bits per heavy atom. The highest BCUT2D eigenvalue weighted by Crippen LogP contribution is 2.42. The molecule has 1 aliphatic rings. The Hall–Kier alpha value is -0.810. The number of ether oxygens (including phenoxy) is 2. The maximum absolute atomic E-state index is 11.2. The second-order valence-electron chi connectivity index (χ2n) is 4.34. The molecule has 2 unspecified atom stereocenters. The maximum Gasteiger partial charge on any atom is 0.407 e. The van der Waals surface area contributed by atoms with Crippen LogP contribution >= 0.6 is 0 Å². The second-order valence-corrected chi connectivity index (χ2v) is 4.34. The minimum Gasteiger partial charge on any atom is -0.447 e. The molecule has 1 rings (SSSR count). The summed E-state index contributed by atoms with van der Waals surface area (Å²) in [5.74, 6) is 0. The molecular weight excluding hydrogens is 198 g/mol. The van der Waals surface area contributed by atoms with E-state index in [-0.39, 0.29) is 30.8 Å². The molecule has 0 aromatic heterocycles. The van der Waals surface area contributed by atoms with Gasteiger partial charge < -0.3 is 19.9 Å². The summed E-state index contributed by atoms with van der Waals surface area (Å²) in [6.45, 7) is 3.97. The molecule has 1 amide bonds. The zero-order valence-electron chi connectivity index (χ0n) is 9.45. The Labute approximate surface area is 89.8 Å². The number of aliphatic hydroxyl groups is 1. The summed E-state index contributed by atoms with van der Waals surface area (Å²) in [6, 6.07) is 0.0774. The van der Waals surface area contributed by atoms with E-state index in [9.17, 15) is 4.79 Å². The van der Waals surface area contributed by atoms with E-state index >= 15 is 0 Å². The van der Waals surface area contributed by atoms with Crippen molar-refractivity contribution in [3.63, 3.8) is 0 Å². The molecule has 0 aromatic carbocycles. The van der Waals surface area contributed by atoms with Crippen LogP contribution in [0, 0.1) is 5.41 Å². The van der Waals surface area contributed by atoms with Crippen LogP contribution in [0.1, 0.15) is 20.3 Å². The number of hydrogen-bond acceptors (Lipinski definition) is 4. The number of alkyl carbamates (subject to hydrolysis) is 1. The number of methoxy groups -OCH3 is 1. The average molecular weight is 217 g/mol. The third-order valence-corrected chi connectivity index (χ3v) is 3.08. The second kappa shape index (κ2) is 4.81. The van der Waals surface area contributed by atoms with Crippen LogP contribution < -0.4 is 5.32 Å². The zero-order chi connectivity index (χ0) is 11.5. The molecule has 0 spiro atoms. The van der Waals surface area contributed by atoms with E-state index in [1.807, 2.05) is 13.8 Å². The molecule has 0 aromatic rings. The summed E-state index contributed by atoms with van der Waals surface area (Å²) in [6.07, 6.45) is 0.509. The van der Waals surface area contributed by atoms with Gasteiger partial charge in [0, 0.05) is 18.6 Å². The predicted octanol–water partition coefficient (Wildman–Crippen LogP) is 0.518. The monoisotopic (exact) mass is 217 g/mol. The lowest BCUT2D eigenvalue weighted by Gasteiger charge is -2.50. The van der Waals surface area contributed by atoms with Gasteiger partial charge in [-0.25, -0.2) is 4.79 Å². The SMILES string of the molecule is COC1CC(NC(=O)OCCO)C1(C)C. The van der Waals surface area contributed by atoms with Gasteiger partial charge in [0.25, 0.3) is 0 Å². The van der Waals surface area contributed by atoms with Crippen LogP contribution in [0.3, 0.4) is 0 Å². The van der Waals surface area contributed by atoms with E-state index < -0.39 is 6.09 Å². The molecule has 0 heterocycles. The zero-order valence-corrected chi connectivity index (χ0v) is 9.45. The molecule has 2 N–H and O–H groups in total. The van der Waals surface area contributed by atoms with Gasteiger partial charge in [0.1, 0.15) is 6.61 Å². The Morgan fingerprint density at radius 2 is 2.27 bits per heavy atom. The van der Waals surface area contributed by atoms with Crippen molar-refractivity contribution in [2.75, 3.05) is 20.3 Å². The molecule has 0 bridgehead atoms. The highest BCUT2D eigenvalue weighted by molar-refractivity contribution is 5.68. The summed E-state index contributed by atoms with van der Waals surface area (Å²) in [5, 5.41) is 11.2. The fraction of sp³-hybridized carbons (Fsp3) is 0.900. The van der Waals surface area contributed by atoms with Crippen molar-refractivity contribution in [1.29, 1.82) is 0 Å². The fourth-order valence-electron chi connectivity index (χ4n) is 1.85. The topological polar surface area (TPSA) is 67.8 Å². The van der Waals surface area contributed by atoms with Crippen LogP contribution in [0.4, 0.5) is 4.79 Å². The van der Waals surface area contributed by atoms with Crippen LogP contribution in [-0.2, 0) is 9.47 Å². The van der Waals surface area contributed by atoms with E-state index in [0.717, 1.165) is 6.42 Å². The van der Waals surface area contributed by atoms with Gasteiger partial charge in [0.05, 0.1) is 12.7 Å². The largest absolute Gasteiger partial charge is 0.447 e. The van der Waals surface area contributed by atoms with Gasteiger partial charge in [0.15, 0.2) is 0 Å². The van der Waals surface area contributed by atoms with Gasteiger partial charge >= 0.3 is 6.09 Å². The highest BCUT2D eigenvalue weighted by Gasteiger charge is 2.49. The van der Waals surface area contributed by atoms with E-state index in [1.165, 1.54) is 0 Å². The number of hydrogen-bond donors (Lipinski definition) is 2. The Bertz CT molecular complexity index is 229. The van der Waals surface area contributed by atoms with E-state index in [0.29, 0.717) is 0 Å². The molecule has 0 radical (unpaired) electrons. The molecule has 1 aliphatic carbocycles. The van der Waals surface area contributed by atoms with Crippen LogP contribution in [0.5, 0.6) is 0 Å². The lowest BCUT2D eigenvalue weighted by molar-refractivity contribution is -0.0957. The normalized spacial score (nSPS) is 28.0. The minimum atomic E-state index is -0.475. The van der Waals surface area contributed by atoms with Gasteiger partial charge in [-0.2, -0.15) is 0 Å². The first kappa shape index (κ1) is 12.3. The molecule has 0 aliphatic heterocycles. The number of carbonyl (C=O) groups is 1. The Balaban J connectivity index is 2.32. The molecule has 1 fully saturated rings. The smallest absolute Gasteiger partial charge is 0.407 e. The first-order valence-electron chi connectivity index (χ1n) is 5.09. The molecular formula is C10H19NO4. The van der Waals surface area contributed by atoms with Crippen molar-refractivity contribution >= 4 is 6.09 Å². The van der Waals surface area contributed by atoms with Crippen molar-refractivity contribution in [2.45, 2.75) is 32.4 Å². The van der Waals surface area contributed by atoms with Crippen LogP contribution in [0.25, 0.3) is 0 Å². The molecule has 5 heteroatoms. The summed E-state index contributed by atoms with van der Waals surface area (Å²) in [4.78, 5) is 11.2. The number of rotatable bonds is 4. The van der Waals surface area contributed by atoms with Gasteiger partial charge in [-0.1, -0.05) is 13.8 Å². The first-order chi connectivity index (χ1) is 7.02. The van der Waals surface area contributed by atoms with Crippen molar-refractivity contribution in [3.05, 3.63) is 0 Å². The molecule has 2 atom stereocenters.